The molecule has 0 aromatic carbocycles. The smallest absolute Gasteiger partial charge is 0.0153 e. The average molecular weight is 196 g/mol. The van der Waals surface area contributed by atoms with Crippen molar-refractivity contribution < 1.29 is 0 Å². The van der Waals surface area contributed by atoms with E-state index in [2.05, 4.69) is 31.0 Å². The maximum absolute atomic E-state index is 3.49. The molecule has 0 aliphatic carbocycles. The lowest BCUT2D eigenvalue weighted by atomic mass is 9.75. The van der Waals surface area contributed by atoms with Crippen LogP contribution in [0.3, 0.4) is 0 Å². The first-order valence-electron chi connectivity index (χ1n) is 6.04. The number of nitrogens with zero attached hydrogens (tertiary/aromatic N) is 1. The average Bonchev–Trinajstić information content (AvgIpc) is 2.48. The molecule has 2 fully saturated rings. The Bertz CT molecular complexity index is 196. The fraction of sp³-hybridized carbons (Fsp3) is 1.00. The molecule has 0 unspecified atom stereocenters. The van der Waals surface area contributed by atoms with Crippen molar-refractivity contribution in [3.05, 3.63) is 0 Å². The highest BCUT2D eigenvalue weighted by molar-refractivity contribution is 5.04. The van der Waals surface area contributed by atoms with Crippen LogP contribution in [0.5, 0.6) is 0 Å². The number of likely N-dealkylation sites (tertiary alicyclic amines) is 1. The molecule has 82 valence electrons. The minimum atomic E-state index is 0.433. The molecule has 0 atom stereocenters. The second kappa shape index (κ2) is 3.49. The second-order valence-electron chi connectivity index (χ2n) is 5.85. The summed E-state index contributed by atoms with van der Waals surface area (Å²) in [6.45, 7) is 12.2. The molecule has 0 amide bonds. The van der Waals surface area contributed by atoms with Crippen molar-refractivity contribution in [1.82, 2.24) is 10.2 Å². The molecular weight excluding hydrogens is 172 g/mol. The molecule has 2 heterocycles. The quantitative estimate of drug-likeness (QED) is 0.741. The van der Waals surface area contributed by atoms with Crippen LogP contribution < -0.4 is 5.32 Å². The zero-order chi connectivity index (χ0) is 10.2. The highest BCUT2D eigenvalue weighted by atomic mass is 15.3. The van der Waals surface area contributed by atoms with E-state index in [0.29, 0.717) is 11.0 Å². The van der Waals surface area contributed by atoms with Crippen molar-refractivity contribution in [3.63, 3.8) is 0 Å². The Morgan fingerprint density at radius 2 is 2.07 bits per heavy atom. The van der Waals surface area contributed by atoms with Gasteiger partial charge in [0.15, 0.2) is 0 Å². The van der Waals surface area contributed by atoms with Crippen LogP contribution in [0.15, 0.2) is 0 Å². The molecule has 2 aliphatic rings. The van der Waals surface area contributed by atoms with Gasteiger partial charge in [0.05, 0.1) is 0 Å². The van der Waals surface area contributed by atoms with Gasteiger partial charge in [-0.1, -0.05) is 13.3 Å². The van der Waals surface area contributed by atoms with Crippen molar-refractivity contribution in [2.75, 3.05) is 26.2 Å². The van der Waals surface area contributed by atoms with Crippen LogP contribution in [-0.2, 0) is 0 Å². The van der Waals surface area contributed by atoms with Crippen LogP contribution in [-0.4, -0.2) is 36.6 Å². The standard InChI is InChI=1S/C12H24N2/c1-4-5-11(2,3)14-9-12(10-14)6-7-13-8-12/h13H,4-10H2,1-3H3. The summed E-state index contributed by atoms with van der Waals surface area (Å²) < 4.78 is 0. The van der Waals surface area contributed by atoms with Gasteiger partial charge in [0, 0.05) is 30.6 Å². The Morgan fingerprint density at radius 3 is 2.57 bits per heavy atom. The van der Waals surface area contributed by atoms with Gasteiger partial charge >= 0.3 is 0 Å². The van der Waals surface area contributed by atoms with Gasteiger partial charge in [0.25, 0.3) is 0 Å². The molecule has 0 bridgehead atoms. The minimum Gasteiger partial charge on any atom is -0.316 e. The highest BCUT2D eigenvalue weighted by Crippen LogP contribution is 2.41. The predicted molar refractivity (Wildman–Crippen MR) is 60.5 cm³/mol. The number of rotatable bonds is 3. The maximum Gasteiger partial charge on any atom is 0.0153 e. The van der Waals surface area contributed by atoms with E-state index in [1.807, 2.05) is 0 Å². The number of hydrogen-bond donors (Lipinski definition) is 1. The summed E-state index contributed by atoms with van der Waals surface area (Å²) in [6.07, 6.45) is 4.02. The molecular formula is C12H24N2. The van der Waals surface area contributed by atoms with Crippen molar-refractivity contribution in [2.24, 2.45) is 5.41 Å². The van der Waals surface area contributed by atoms with Crippen molar-refractivity contribution in [3.8, 4) is 0 Å². The van der Waals surface area contributed by atoms with Crippen LogP contribution in [0.25, 0.3) is 0 Å². The van der Waals surface area contributed by atoms with Gasteiger partial charge in [-0.3, -0.25) is 4.90 Å². The first-order valence-corrected chi connectivity index (χ1v) is 6.04. The molecule has 2 rings (SSSR count). The molecule has 0 aromatic rings. The van der Waals surface area contributed by atoms with E-state index >= 15 is 0 Å². The molecule has 1 N–H and O–H groups in total. The monoisotopic (exact) mass is 196 g/mol. The lowest BCUT2D eigenvalue weighted by molar-refractivity contribution is -0.0576. The molecule has 2 heteroatoms. The van der Waals surface area contributed by atoms with Gasteiger partial charge in [-0.25, -0.2) is 0 Å². The summed E-state index contributed by atoms with van der Waals surface area (Å²) >= 11 is 0. The van der Waals surface area contributed by atoms with Crippen molar-refractivity contribution in [2.45, 2.75) is 45.6 Å². The second-order valence-corrected chi connectivity index (χ2v) is 5.85. The lowest BCUT2D eigenvalue weighted by Gasteiger charge is -2.55. The largest absolute Gasteiger partial charge is 0.316 e. The SMILES string of the molecule is CCCC(C)(C)N1CC2(CCNC2)C1. The Balaban J connectivity index is 1.86. The summed E-state index contributed by atoms with van der Waals surface area (Å²) in [7, 11) is 0. The topological polar surface area (TPSA) is 15.3 Å². The van der Waals surface area contributed by atoms with Gasteiger partial charge in [-0.2, -0.15) is 0 Å². The molecule has 1 spiro atoms. The van der Waals surface area contributed by atoms with E-state index in [9.17, 15) is 0 Å². The first kappa shape index (κ1) is 10.4. The summed E-state index contributed by atoms with van der Waals surface area (Å²) in [4.78, 5) is 2.67. The van der Waals surface area contributed by atoms with Crippen LogP contribution in [0, 0.1) is 5.41 Å². The third-order valence-electron chi connectivity index (χ3n) is 4.10. The Hall–Kier alpha value is -0.0800. The zero-order valence-corrected chi connectivity index (χ0v) is 9.90. The van der Waals surface area contributed by atoms with E-state index in [-0.39, 0.29) is 0 Å². The highest BCUT2D eigenvalue weighted by Gasteiger charge is 2.48. The molecule has 0 aromatic heterocycles. The fourth-order valence-electron chi connectivity index (χ4n) is 3.03. The third kappa shape index (κ3) is 1.70. The lowest BCUT2D eigenvalue weighted by Crippen LogP contribution is -2.64. The number of hydrogen-bond acceptors (Lipinski definition) is 2. The van der Waals surface area contributed by atoms with E-state index in [0.717, 1.165) is 0 Å². The zero-order valence-electron chi connectivity index (χ0n) is 9.90. The summed E-state index contributed by atoms with van der Waals surface area (Å²) in [5.74, 6) is 0. The molecule has 2 aliphatic heterocycles. The summed E-state index contributed by atoms with van der Waals surface area (Å²) in [6, 6.07) is 0. The number of nitrogens with one attached hydrogen (secondary N) is 1. The van der Waals surface area contributed by atoms with Crippen LogP contribution in [0.2, 0.25) is 0 Å². The molecule has 2 nitrogen and oxygen atoms in total. The molecule has 2 saturated heterocycles. The van der Waals surface area contributed by atoms with Crippen LogP contribution in [0.4, 0.5) is 0 Å². The maximum atomic E-state index is 3.49. The predicted octanol–water partition coefficient (Wildman–Crippen LogP) is 1.86. The normalized spacial score (nSPS) is 26.8. The summed E-state index contributed by atoms with van der Waals surface area (Å²) in [5.41, 5.74) is 1.09. The Morgan fingerprint density at radius 1 is 1.36 bits per heavy atom. The first-order chi connectivity index (χ1) is 6.58. The Kier molecular flexibility index (Phi) is 2.61. The van der Waals surface area contributed by atoms with Gasteiger partial charge in [-0.05, 0) is 33.2 Å². The van der Waals surface area contributed by atoms with Crippen LogP contribution >= 0.6 is 0 Å². The van der Waals surface area contributed by atoms with E-state index in [1.54, 1.807) is 0 Å². The fourth-order valence-corrected chi connectivity index (χ4v) is 3.03. The molecule has 0 saturated carbocycles. The van der Waals surface area contributed by atoms with Gasteiger partial charge in [0.1, 0.15) is 0 Å². The minimum absolute atomic E-state index is 0.433. The van der Waals surface area contributed by atoms with Gasteiger partial charge < -0.3 is 5.32 Å². The Labute approximate surface area is 88.1 Å². The van der Waals surface area contributed by atoms with Crippen LogP contribution in [0.1, 0.15) is 40.0 Å². The van der Waals surface area contributed by atoms with E-state index in [4.69, 9.17) is 0 Å². The third-order valence-corrected chi connectivity index (χ3v) is 4.10. The molecule has 0 radical (unpaired) electrons. The van der Waals surface area contributed by atoms with Gasteiger partial charge in [-0.15, -0.1) is 0 Å². The molecule has 14 heavy (non-hydrogen) atoms. The van der Waals surface area contributed by atoms with Crippen molar-refractivity contribution >= 4 is 0 Å². The van der Waals surface area contributed by atoms with E-state index in [1.165, 1.54) is 45.4 Å². The summed E-state index contributed by atoms with van der Waals surface area (Å²) in [5, 5.41) is 3.49. The van der Waals surface area contributed by atoms with Gasteiger partial charge in [0.2, 0.25) is 0 Å². The van der Waals surface area contributed by atoms with Crippen molar-refractivity contribution in [1.29, 1.82) is 0 Å². The van der Waals surface area contributed by atoms with E-state index < -0.39 is 0 Å².